The maximum absolute atomic E-state index is 6.39. The molecule has 0 saturated carbocycles. The molecule has 2 nitrogen and oxygen atoms in total. The van der Waals surface area contributed by atoms with Gasteiger partial charge in [-0.05, 0) is 55.3 Å². The number of nitrogens with one attached hydrogen (secondary N) is 1. The van der Waals surface area contributed by atoms with Crippen molar-refractivity contribution < 1.29 is 4.74 Å². The molecule has 0 aliphatic rings. The molecule has 0 amide bonds. The molecule has 0 saturated heterocycles. The summed E-state index contributed by atoms with van der Waals surface area (Å²) in [6.07, 6.45) is 0. The van der Waals surface area contributed by atoms with Crippen LogP contribution in [0, 0.1) is 13.8 Å². The molecule has 2 aromatic rings. The van der Waals surface area contributed by atoms with Crippen molar-refractivity contribution in [3.63, 3.8) is 0 Å². The summed E-state index contributed by atoms with van der Waals surface area (Å²) >= 11 is 6.39. The summed E-state index contributed by atoms with van der Waals surface area (Å²) in [5.74, 6) is 0.901. The summed E-state index contributed by atoms with van der Waals surface area (Å²) in [6, 6.07) is 12.4. The fourth-order valence-corrected chi connectivity index (χ4v) is 2.79. The predicted molar refractivity (Wildman–Crippen MR) is 84.8 cm³/mol. The Balaban J connectivity index is 2.44. The van der Waals surface area contributed by atoms with Gasteiger partial charge in [0.05, 0.1) is 13.2 Å². The maximum atomic E-state index is 6.39. The number of hydrogen-bond acceptors (Lipinski definition) is 2. The Morgan fingerprint density at radius 2 is 1.85 bits per heavy atom. The molecule has 0 aliphatic carbocycles. The van der Waals surface area contributed by atoms with Gasteiger partial charge < -0.3 is 10.1 Å². The van der Waals surface area contributed by atoms with Crippen LogP contribution >= 0.6 is 11.6 Å². The fraction of sp³-hybridized carbons (Fsp3) is 0.294. The molecule has 1 N–H and O–H groups in total. The van der Waals surface area contributed by atoms with Crippen LogP contribution < -0.4 is 10.1 Å². The molecule has 1 atom stereocenters. The highest BCUT2D eigenvalue weighted by atomic mass is 35.5. The Hall–Kier alpha value is -1.51. The number of hydrogen-bond donors (Lipinski definition) is 1. The first-order valence-corrected chi connectivity index (χ1v) is 7.02. The van der Waals surface area contributed by atoms with Crippen molar-refractivity contribution in [1.29, 1.82) is 0 Å². The van der Waals surface area contributed by atoms with Crippen LogP contribution in [-0.2, 0) is 0 Å². The second kappa shape index (κ2) is 6.29. The van der Waals surface area contributed by atoms with Crippen LogP contribution in [0.25, 0.3) is 0 Å². The molecule has 106 valence electrons. The van der Waals surface area contributed by atoms with Crippen molar-refractivity contribution in [2.45, 2.75) is 19.9 Å². The number of benzene rings is 2. The third-order valence-corrected chi connectivity index (χ3v) is 3.84. The summed E-state index contributed by atoms with van der Waals surface area (Å²) in [6.45, 7) is 4.09. The van der Waals surface area contributed by atoms with E-state index in [0.29, 0.717) is 0 Å². The number of halogens is 1. The first-order chi connectivity index (χ1) is 9.56. The molecule has 0 aliphatic heterocycles. The number of aryl methyl sites for hydroxylation is 2. The van der Waals surface area contributed by atoms with Crippen LogP contribution in [0.5, 0.6) is 5.75 Å². The SMILES string of the molecule is CNC(c1ccc(OC)c(C)c1)c1ccc(C)cc1Cl. The third kappa shape index (κ3) is 2.97. The van der Waals surface area contributed by atoms with Crippen LogP contribution in [0.1, 0.15) is 28.3 Å². The van der Waals surface area contributed by atoms with E-state index in [1.807, 2.05) is 33.0 Å². The Morgan fingerprint density at radius 3 is 2.40 bits per heavy atom. The molecule has 0 fully saturated rings. The Kier molecular flexibility index (Phi) is 4.69. The highest BCUT2D eigenvalue weighted by Gasteiger charge is 2.16. The lowest BCUT2D eigenvalue weighted by atomic mass is 9.96. The lowest BCUT2D eigenvalue weighted by molar-refractivity contribution is 0.411. The van der Waals surface area contributed by atoms with Crippen LogP contribution in [0.2, 0.25) is 5.02 Å². The van der Waals surface area contributed by atoms with Crippen molar-refractivity contribution >= 4 is 11.6 Å². The Bertz CT molecular complexity index is 610. The minimum absolute atomic E-state index is 0.0766. The fourth-order valence-electron chi connectivity index (χ4n) is 2.45. The lowest BCUT2D eigenvalue weighted by Crippen LogP contribution is -2.18. The van der Waals surface area contributed by atoms with Crippen LogP contribution in [0.3, 0.4) is 0 Å². The summed E-state index contributed by atoms with van der Waals surface area (Å²) in [5, 5.41) is 4.12. The Labute approximate surface area is 125 Å². The zero-order chi connectivity index (χ0) is 14.7. The van der Waals surface area contributed by atoms with Gasteiger partial charge in [0, 0.05) is 5.02 Å². The number of methoxy groups -OCH3 is 1. The topological polar surface area (TPSA) is 21.3 Å². The first kappa shape index (κ1) is 14.9. The standard InChI is InChI=1S/C17H20ClNO/c1-11-5-7-14(15(18)9-11)17(19-3)13-6-8-16(20-4)12(2)10-13/h5-10,17,19H,1-4H3. The van der Waals surface area contributed by atoms with Crippen molar-refractivity contribution in [2.75, 3.05) is 14.2 Å². The van der Waals surface area contributed by atoms with E-state index in [0.717, 1.165) is 21.9 Å². The van der Waals surface area contributed by atoms with Crippen LogP contribution in [0.15, 0.2) is 36.4 Å². The summed E-state index contributed by atoms with van der Waals surface area (Å²) in [4.78, 5) is 0. The highest BCUT2D eigenvalue weighted by molar-refractivity contribution is 6.31. The van der Waals surface area contributed by atoms with Gasteiger partial charge in [-0.15, -0.1) is 0 Å². The van der Waals surface area contributed by atoms with E-state index in [2.05, 4.69) is 29.6 Å². The van der Waals surface area contributed by atoms with Crippen molar-refractivity contribution in [2.24, 2.45) is 0 Å². The summed E-state index contributed by atoms with van der Waals surface area (Å²) < 4.78 is 5.31. The van der Waals surface area contributed by atoms with Gasteiger partial charge in [0.2, 0.25) is 0 Å². The predicted octanol–water partition coefficient (Wildman–Crippen LogP) is 4.27. The van der Waals surface area contributed by atoms with E-state index in [9.17, 15) is 0 Å². The van der Waals surface area contributed by atoms with E-state index in [1.54, 1.807) is 7.11 Å². The molecule has 3 heteroatoms. The van der Waals surface area contributed by atoms with E-state index in [1.165, 1.54) is 11.1 Å². The molecular formula is C17H20ClNO. The van der Waals surface area contributed by atoms with Gasteiger partial charge in [0.15, 0.2) is 0 Å². The second-order valence-corrected chi connectivity index (χ2v) is 5.38. The summed E-state index contributed by atoms with van der Waals surface area (Å²) in [7, 11) is 3.63. The van der Waals surface area contributed by atoms with E-state index >= 15 is 0 Å². The zero-order valence-electron chi connectivity index (χ0n) is 12.3. The van der Waals surface area contributed by atoms with E-state index in [-0.39, 0.29) is 6.04 Å². The molecule has 20 heavy (non-hydrogen) atoms. The Morgan fingerprint density at radius 1 is 1.10 bits per heavy atom. The molecule has 1 unspecified atom stereocenters. The molecular weight excluding hydrogens is 270 g/mol. The lowest BCUT2D eigenvalue weighted by Gasteiger charge is -2.20. The van der Waals surface area contributed by atoms with Gasteiger partial charge in [0.25, 0.3) is 0 Å². The average Bonchev–Trinajstić information content (AvgIpc) is 2.42. The maximum Gasteiger partial charge on any atom is 0.121 e. The largest absolute Gasteiger partial charge is 0.496 e. The van der Waals surface area contributed by atoms with Crippen molar-refractivity contribution in [3.8, 4) is 5.75 Å². The summed E-state index contributed by atoms with van der Waals surface area (Å²) in [5.41, 5.74) is 4.55. The monoisotopic (exact) mass is 289 g/mol. The van der Waals surface area contributed by atoms with Gasteiger partial charge >= 0.3 is 0 Å². The van der Waals surface area contributed by atoms with Crippen LogP contribution in [0.4, 0.5) is 0 Å². The minimum Gasteiger partial charge on any atom is -0.496 e. The molecule has 0 radical (unpaired) electrons. The number of ether oxygens (including phenoxy) is 1. The number of rotatable bonds is 4. The molecule has 0 heterocycles. The van der Waals surface area contributed by atoms with Gasteiger partial charge in [-0.25, -0.2) is 0 Å². The second-order valence-electron chi connectivity index (χ2n) is 4.98. The van der Waals surface area contributed by atoms with Crippen molar-refractivity contribution in [3.05, 3.63) is 63.7 Å². The zero-order valence-corrected chi connectivity index (χ0v) is 13.1. The van der Waals surface area contributed by atoms with Crippen LogP contribution in [-0.4, -0.2) is 14.2 Å². The average molecular weight is 290 g/mol. The van der Waals surface area contributed by atoms with Gasteiger partial charge in [-0.1, -0.05) is 35.9 Å². The smallest absolute Gasteiger partial charge is 0.121 e. The quantitative estimate of drug-likeness (QED) is 0.907. The molecule has 2 rings (SSSR count). The molecule has 0 aromatic heterocycles. The van der Waals surface area contributed by atoms with E-state index < -0.39 is 0 Å². The first-order valence-electron chi connectivity index (χ1n) is 6.64. The third-order valence-electron chi connectivity index (χ3n) is 3.51. The highest BCUT2D eigenvalue weighted by Crippen LogP contribution is 2.31. The van der Waals surface area contributed by atoms with E-state index in [4.69, 9.17) is 16.3 Å². The molecule has 2 aromatic carbocycles. The minimum atomic E-state index is 0.0766. The molecule has 0 spiro atoms. The van der Waals surface area contributed by atoms with Gasteiger partial charge in [0.1, 0.15) is 5.75 Å². The molecule has 0 bridgehead atoms. The van der Waals surface area contributed by atoms with Gasteiger partial charge in [-0.3, -0.25) is 0 Å². The van der Waals surface area contributed by atoms with Crippen molar-refractivity contribution in [1.82, 2.24) is 5.32 Å². The normalized spacial score (nSPS) is 12.2. The van der Waals surface area contributed by atoms with Gasteiger partial charge in [-0.2, -0.15) is 0 Å².